The minimum absolute atomic E-state index is 0.0431. The van der Waals surface area contributed by atoms with Crippen molar-refractivity contribution < 1.29 is 19.4 Å². The number of benzene rings is 3. The monoisotopic (exact) mass is 498 g/mol. The standard InChI is InChI=1S/C29H26N2O4S/c1-4-18-8-15-22-23(16-18)36-29(30-22)31-25(19-9-6-17(3)7-10-19)24(27(33)28(31)34)26(32)20-11-13-21(14-12-20)35-5-2/h6-16,25,32H,4-5H2,1-3H3/t25-/m1/s1. The quantitative estimate of drug-likeness (QED) is 0.195. The van der Waals surface area contributed by atoms with Crippen molar-refractivity contribution in [3.63, 3.8) is 0 Å². The number of aryl methyl sites for hydroxylation is 2. The van der Waals surface area contributed by atoms with Gasteiger partial charge >= 0.3 is 5.91 Å². The average Bonchev–Trinajstić information content (AvgIpc) is 3.42. The first-order valence-corrected chi connectivity index (χ1v) is 12.7. The van der Waals surface area contributed by atoms with Crippen molar-refractivity contribution in [2.45, 2.75) is 33.2 Å². The van der Waals surface area contributed by atoms with Crippen LogP contribution in [-0.2, 0) is 16.0 Å². The molecule has 1 aliphatic rings. The van der Waals surface area contributed by atoms with Crippen LogP contribution in [-0.4, -0.2) is 28.4 Å². The number of hydrogen-bond acceptors (Lipinski definition) is 6. The van der Waals surface area contributed by atoms with E-state index in [1.165, 1.54) is 21.8 Å². The van der Waals surface area contributed by atoms with Crippen LogP contribution in [0.4, 0.5) is 5.13 Å². The van der Waals surface area contributed by atoms with Gasteiger partial charge in [0, 0.05) is 5.56 Å². The fourth-order valence-corrected chi connectivity index (χ4v) is 5.46. The number of aliphatic hydroxyl groups excluding tert-OH is 1. The third-order valence-corrected chi connectivity index (χ3v) is 7.35. The van der Waals surface area contributed by atoms with Gasteiger partial charge in [-0.25, -0.2) is 4.98 Å². The van der Waals surface area contributed by atoms with Gasteiger partial charge in [-0.3, -0.25) is 14.5 Å². The van der Waals surface area contributed by atoms with Crippen LogP contribution in [0, 0.1) is 6.92 Å². The summed E-state index contributed by atoms with van der Waals surface area (Å²) in [6, 6.07) is 19.7. The van der Waals surface area contributed by atoms with Gasteiger partial charge in [0.15, 0.2) is 5.13 Å². The van der Waals surface area contributed by atoms with Gasteiger partial charge in [0.2, 0.25) is 0 Å². The van der Waals surface area contributed by atoms with Crippen molar-refractivity contribution in [3.8, 4) is 5.75 Å². The summed E-state index contributed by atoms with van der Waals surface area (Å²) >= 11 is 1.37. The molecule has 3 aromatic carbocycles. The average molecular weight is 499 g/mol. The summed E-state index contributed by atoms with van der Waals surface area (Å²) in [7, 11) is 0. The first kappa shape index (κ1) is 23.8. The molecule has 0 unspecified atom stereocenters. The van der Waals surface area contributed by atoms with E-state index in [2.05, 4.69) is 13.0 Å². The predicted octanol–water partition coefficient (Wildman–Crippen LogP) is 6.19. The maximum absolute atomic E-state index is 13.4. The maximum atomic E-state index is 13.4. The fraction of sp³-hybridized carbons (Fsp3) is 0.207. The number of hydrogen-bond donors (Lipinski definition) is 1. The van der Waals surface area contributed by atoms with Gasteiger partial charge in [-0.1, -0.05) is 54.2 Å². The maximum Gasteiger partial charge on any atom is 0.301 e. The SMILES string of the molecule is CCOc1ccc(C(O)=C2C(=O)C(=O)N(c3nc4ccc(CC)cc4s3)[C@@H]2c2ccc(C)cc2)cc1. The van der Waals surface area contributed by atoms with Gasteiger partial charge in [0.05, 0.1) is 28.4 Å². The Balaban J connectivity index is 1.67. The minimum Gasteiger partial charge on any atom is -0.507 e. The number of carbonyl (C=O) groups excluding carboxylic acids is 2. The van der Waals surface area contributed by atoms with E-state index in [1.807, 2.05) is 50.2 Å². The largest absolute Gasteiger partial charge is 0.507 e. The summed E-state index contributed by atoms with van der Waals surface area (Å²) < 4.78 is 6.44. The fourth-order valence-electron chi connectivity index (χ4n) is 4.40. The predicted molar refractivity (Wildman–Crippen MR) is 143 cm³/mol. The molecule has 36 heavy (non-hydrogen) atoms. The van der Waals surface area contributed by atoms with Crippen molar-refractivity contribution in [3.05, 3.63) is 94.6 Å². The zero-order chi connectivity index (χ0) is 25.4. The Morgan fingerprint density at radius 3 is 2.42 bits per heavy atom. The zero-order valence-electron chi connectivity index (χ0n) is 20.3. The molecule has 182 valence electrons. The second kappa shape index (κ2) is 9.59. The Bertz CT molecular complexity index is 1490. The first-order valence-electron chi connectivity index (χ1n) is 11.9. The van der Waals surface area contributed by atoms with Crippen LogP contribution in [0.15, 0.2) is 72.3 Å². The van der Waals surface area contributed by atoms with Gasteiger partial charge in [-0.15, -0.1) is 0 Å². The molecule has 1 N–H and O–H groups in total. The van der Waals surface area contributed by atoms with Crippen LogP contribution < -0.4 is 9.64 Å². The van der Waals surface area contributed by atoms with Gasteiger partial charge in [-0.05, 0) is 67.8 Å². The van der Waals surface area contributed by atoms with Crippen LogP contribution in [0.3, 0.4) is 0 Å². The minimum atomic E-state index is -0.802. The topological polar surface area (TPSA) is 79.7 Å². The van der Waals surface area contributed by atoms with E-state index in [4.69, 9.17) is 9.72 Å². The molecule has 5 rings (SSSR count). The number of carbonyl (C=O) groups is 2. The lowest BCUT2D eigenvalue weighted by Gasteiger charge is -2.23. The lowest BCUT2D eigenvalue weighted by Crippen LogP contribution is -2.29. The highest BCUT2D eigenvalue weighted by Crippen LogP contribution is 2.44. The first-order chi connectivity index (χ1) is 17.4. The Kier molecular flexibility index (Phi) is 6.33. The second-order valence-electron chi connectivity index (χ2n) is 8.69. The Morgan fingerprint density at radius 2 is 1.75 bits per heavy atom. The molecular weight excluding hydrogens is 472 g/mol. The van der Waals surface area contributed by atoms with E-state index in [-0.39, 0.29) is 11.3 Å². The van der Waals surface area contributed by atoms with E-state index in [0.29, 0.717) is 23.1 Å². The molecule has 1 saturated heterocycles. The van der Waals surface area contributed by atoms with Crippen LogP contribution in [0.1, 0.15) is 42.1 Å². The molecule has 1 amide bonds. The van der Waals surface area contributed by atoms with Crippen LogP contribution >= 0.6 is 11.3 Å². The third kappa shape index (κ3) is 4.16. The number of amides is 1. The molecule has 4 aromatic rings. The highest BCUT2D eigenvalue weighted by molar-refractivity contribution is 7.22. The van der Waals surface area contributed by atoms with Crippen molar-refractivity contribution in [2.75, 3.05) is 11.5 Å². The lowest BCUT2D eigenvalue weighted by atomic mass is 9.95. The molecule has 0 radical (unpaired) electrons. The summed E-state index contributed by atoms with van der Waals surface area (Å²) in [6.07, 6.45) is 0.888. The second-order valence-corrected chi connectivity index (χ2v) is 9.70. The molecule has 6 nitrogen and oxygen atoms in total. The summed E-state index contributed by atoms with van der Waals surface area (Å²) in [4.78, 5) is 32.9. The number of fused-ring (bicyclic) bond motifs is 1. The van der Waals surface area contributed by atoms with Gasteiger partial charge < -0.3 is 9.84 Å². The number of Topliss-reactive ketones (excluding diaryl/α,β-unsaturated/α-hetero) is 1. The smallest absolute Gasteiger partial charge is 0.301 e. The number of anilines is 1. The van der Waals surface area contributed by atoms with Crippen LogP contribution in [0.5, 0.6) is 5.75 Å². The van der Waals surface area contributed by atoms with Crippen LogP contribution in [0.25, 0.3) is 16.0 Å². The molecule has 2 heterocycles. The molecule has 7 heteroatoms. The normalized spacial score (nSPS) is 17.2. The van der Waals surface area contributed by atoms with Crippen molar-refractivity contribution >= 4 is 44.1 Å². The van der Waals surface area contributed by atoms with Gasteiger partial charge in [0.1, 0.15) is 11.5 Å². The molecule has 1 aliphatic heterocycles. The molecule has 1 atom stereocenters. The number of rotatable bonds is 6. The summed E-state index contributed by atoms with van der Waals surface area (Å²) in [5.41, 5.74) is 4.19. The lowest BCUT2D eigenvalue weighted by molar-refractivity contribution is -0.132. The van der Waals surface area contributed by atoms with E-state index < -0.39 is 17.7 Å². The Labute approximate surface area is 213 Å². The number of ketones is 1. The molecule has 0 aliphatic carbocycles. The van der Waals surface area contributed by atoms with Crippen molar-refractivity contribution in [1.29, 1.82) is 0 Å². The summed E-state index contributed by atoms with van der Waals surface area (Å²) in [6.45, 7) is 6.47. The number of aliphatic hydroxyl groups is 1. The van der Waals surface area contributed by atoms with E-state index in [9.17, 15) is 14.7 Å². The van der Waals surface area contributed by atoms with Gasteiger partial charge in [0.25, 0.3) is 5.78 Å². The number of nitrogens with zero attached hydrogens (tertiary/aromatic N) is 2. The van der Waals surface area contributed by atoms with Gasteiger partial charge in [-0.2, -0.15) is 0 Å². The molecule has 0 bridgehead atoms. The molecule has 0 saturated carbocycles. The Morgan fingerprint density at radius 1 is 1.03 bits per heavy atom. The zero-order valence-corrected chi connectivity index (χ0v) is 21.1. The highest BCUT2D eigenvalue weighted by Gasteiger charge is 2.48. The number of ether oxygens (including phenoxy) is 1. The Hall–Kier alpha value is -3.97. The molecular formula is C29H26N2O4S. The highest BCUT2D eigenvalue weighted by atomic mass is 32.1. The summed E-state index contributed by atoms with van der Waals surface area (Å²) in [5.74, 6) is -1.01. The number of aromatic nitrogens is 1. The molecule has 0 spiro atoms. The molecule has 1 aromatic heterocycles. The van der Waals surface area contributed by atoms with Crippen molar-refractivity contribution in [2.24, 2.45) is 0 Å². The van der Waals surface area contributed by atoms with E-state index in [1.54, 1.807) is 24.3 Å². The molecule has 1 fully saturated rings. The summed E-state index contributed by atoms with van der Waals surface area (Å²) in [5, 5.41) is 11.7. The van der Waals surface area contributed by atoms with E-state index >= 15 is 0 Å². The third-order valence-electron chi connectivity index (χ3n) is 6.33. The number of thiazole rings is 1. The van der Waals surface area contributed by atoms with Crippen LogP contribution in [0.2, 0.25) is 0 Å². The van der Waals surface area contributed by atoms with E-state index in [0.717, 1.165) is 27.8 Å². The van der Waals surface area contributed by atoms with Crippen molar-refractivity contribution in [1.82, 2.24) is 4.98 Å².